The summed E-state index contributed by atoms with van der Waals surface area (Å²) >= 11 is 3.59. The number of aryl methyl sites for hydroxylation is 2. The lowest BCUT2D eigenvalue weighted by molar-refractivity contribution is -0.127. The van der Waals surface area contributed by atoms with Gasteiger partial charge in [0.2, 0.25) is 5.91 Å². The van der Waals surface area contributed by atoms with E-state index < -0.39 is 17.8 Å². The lowest BCUT2D eigenvalue weighted by Crippen LogP contribution is -2.38. The van der Waals surface area contributed by atoms with E-state index in [1.165, 1.54) is 0 Å². The molecule has 2 heterocycles. The Morgan fingerprint density at radius 3 is 2.53 bits per heavy atom. The number of halogens is 1. The molecule has 2 N–H and O–H groups in total. The SMILES string of the molecule is CCc1ccccc1NC(=O)CN1C(=O)N/C(=C/c2cc(C)n(-c3ccccc3Br)c2C)C1=O. The Morgan fingerprint density at radius 1 is 1.09 bits per heavy atom. The molecule has 4 rings (SSSR count). The molecule has 1 fully saturated rings. The minimum Gasteiger partial charge on any atom is -0.324 e. The summed E-state index contributed by atoms with van der Waals surface area (Å²) in [6, 6.07) is 16.7. The molecule has 2 aromatic carbocycles. The standard InChI is InChI=1S/C26H25BrN4O3/c1-4-18-9-5-7-11-21(18)28-24(32)15-30-25(33)22(29-26(30)34)14-19-13-16(2)31(17(19)3)23-12-8-6-10-20(23)27/h5-14H,4,15H2,1-3H3,(H,28,32)(H,29,34)/b22-14+. The zero-order valence-electron chi connectivity index (χ0n) is 19.2. The van der Waals surface area contributed by atoms with Gasteiger partial charge in [-0.15, -0.1) is 0 Å². The van der Waals surface area contributed by atoms with Gasteiger partial charge in [0, 0.05) is 21.5 Å². The number of anilines is 1. The molecule has 0 bridgehead atoms. The van der Waals surface area contributed by atoms with Crippen molar-refractivity contribution in [1.29, 1.82) is 0 Å². The van der Waals surface area contributed by atoms with Crippen molar-refractivity contribution in [2.75, 3.05) is 11.9 Å². The quantitative estimate of drug-likeness (QED) is 0.356. The molecule has 1 aromatic heterocycles. The van der Waals surface area contributed by atoms with Gasteiger partial charge in [-0.2, -0.15) is 0 Å². The van der Waals surface area contributed by atoms with Crippen LogP contribution >= 0.6 is 15.9 Å². The van der Waals surface area contributed by atoms with Crippen LogP contribution in [0.2, 0.25) is 0 Å². The molecule has 0 unspecified atom stereocenters. The first-order valence-corrected chi connectivity index (χ1v) is 11.8. The molecule has 34 heavy (non-hydrogen) atoms. The van der Waals surface area contributed by atoms with Gasteiger partial charge in [-0.05, 0) is 77.7 Å². The smallest absolute Gasteiger partial charge is 0.324 e. The normalized spacial score (nSPS) is 14.6. The number of rotatable bonds is 6. The maximum absolute atomic E-state index is 12.9. The van der Waals surface area contributed by atoms with Crippen molar-refractivity contribution in [2.45, 2.75) is 27.2 Å². The summed E-state index contributed by atoms with van der Waals surface area (Å²) in [6.45, 7) is 5.56. The Kier molecular flexibility index (Phi) is 6.70. The van der Waals surface area contributed by atoms with Crippen LogP contribution in [-0.2, 0) is 16.0 Å². The molecule has 1 saturated heterocycles. The zero-order chi connectivity index (χ0) is 24.4. The van der Waals surface area contributed by atoms with Gasteiger partial charge in [-0.3, -0.25) is 9.59 Å². The number of nitrogens with zero attached hydrogens (tertiary/aromatic N) is 2. The molecule has 1 aliphatic heterocycles. The van der Waals surface area contributed by atoms with Crippen LogP contribution in [0.1, 0.15) is 29.4 Å². The van der Waals surface area contributed by atoms with Crippen LogP contribution in [0.4, 0.5) is 10.5 Å². The van der Waals surface area contributed by atoms with Gasteiger partial charge in [0.25, 0.3) is 5.91 Å². The van der Waals surface area contributed by atoms with Crippen molar-refractivity contribution in [2.24, 2.45) is 0 Å². The number of aromatic nitrogens is 1. The number of imide groups is 1. The maximum Gasteiger partial charge on any atom is 0.329 e. The lowest BCUT2D eigenvalue weighted by Gasteiger charge is -2.13. The monoisotopic (exact) mass is 520 g/mol. The predicted molar refractivity (Wildman–Crippen MR) is 136 cm³/mol. The molecular formula is C26H25BrN4O3. The first-order valence-electron chi connectivity index (χ1n) is 11.0. The fourth-order valence-corrected chi connectivity index (χ4v) is 4.55. The highest BCUT2D eigenvalue weighted by Crippen LogP contribution is 2.28. The number of benzene rings is 2. The Morgan fingerprint density at radius 2 is 1.79 bits per heavy atom. The zero-order valence-corrected chi connectivity index (χ0v) is 20.8. The minimum absolute atomic E-state index is 0.138. The molecule has 0 spiro atoms. The molecule has 1 aliphatic rings. The number of amides is 4. The number of carbonyl (C=O) groups excluding carboxylic acids is 3. The topological polar surface area (TPSA) is 83.4 Å². The summed E-state index contributed by atoms with van der Waals surface area (Å²) in [5, 5.41) is 5.40. The number of urea groups is 1. The van der Waals surface area contributed by atoms with Crippen LogP contribution in [0.25, 0.3) is 11.8 Å². The van der Waals surface area contributed by atoms with E-state index in [2.05, 4.69) is 31.1 Å². The summed E-state index contributed by atoms with van der Waals surface area (Å²) in [6.07, 6.45) is 2.41. The molecule has 3 aromatic rings. The third kappa shape index (κ3) is 4.54. The Hall–Kier alpha value is -3.65. The number of carbonyl (C=O) groups is 3. The van der Waals surface area contributed by atoms with Crippen LogP contribution in [-0.4, -0.2) is 33.9 Å². The molecule has 8 heteroatoms. The van der Waals surface area contributed by atoms with E-state index in [0.717, 1.165) is 44.0 Å². The molecule has 4 amide bonds. The van der Waals surface area contributed by atoms with Crippen molar-refractivity contribution in [3.8, 4) is 5.69 Å². The van der Waals surface area contributed by atoms with Crippen LogP contribution in [0.15, 0.2) is 64.8 Å². The third-order valence-electron chi connectivity index (χ3n) is 5.80. The number of nitrogens with one attached hydrogen (secondary N) is 2. The van der Waals surface area contributed by atoms with Crippen LogP contribution in [0.5, 0.6) is 0 Å². The van der Waals surface area contributed by atoms with E-state index >= 15 is 0 Å². The Balaban J connectivity index is 1.54. The number of hydrogen-bond donors (Lipinski definition) is 2. The summed E-state index contributed by atoms with van der Waals surface area (Å²) in [5.41, 5.74) is 5.49. The van der Waals surface area contributed by atoms with E-state index in [1.807, 2.05) is 69.3 Å². The van der Waals surface area contributed by atoms with Gasteiger partial charge in [-0.1, -0.05) is 37.3 Å². The van der Waals surface area contributed by atoms with E-state index in [1.54, 1.807) is 12.1 Å². The van der Waals surface area contributed by atoms with Gasteiger partial charge in [-0.25, -0.2) is 9.69 Å². The van der Waals surface area contributed by atoms with Crippen molar-refractivity contribution >= 4 is 45.5 Å². The molecule has 0 saturated carbocycles. The molecule has 0 radical (unpaired) electrons. The summed E-state index contributed by atoms with van der Waals surface area (Å²) in [7, 11) is 0. The highest BCUT2D eigenvalue weighted by Gasteiger charge is 2.35. The second-order valence-electron chi connectivity index (χ2n) is 8.05. The van der Waals surface area contributed by atoms with Gasteiger partial charge in [0.05, 0.1) is 5.69 Å². The minimum atomic E-state index is -0.616. The van der Waals surface area contributed by atoms with Crippen LogP contribution in [0.3, 0.4) is 0 Å². The largest absolute Gasteiger partial charge is 0.329 e. The molecule has 0 aliphatic carbocycles. The fraction of sp³-hybridized carbons (Fsp3) is 0.192. The first-order chi connectivity index (χ1) is 16.3. The fourth-order valence-electron chi connectivity index (χ4n) is 4.09. The molecular weight excluding hydrogens is 496 g/mol. The van der Waals surface area contributed by atoms with Crippen LogP contribution < -0.4 is 10.6 Å². The maximum atomic E-state index is 12.9. The second kappa shape index (κ2) is 9.69. The van der Waals surface area contributed by atoms with Crippen molar-refractivity contribution in [3.05, 3.63) is 87.3 Å². The first kappa shape index (κ1) is 23.5. The van der Waals surface area contributed by atoms with Gasteiger partial charge >= 0.3 is 6.03 Å². The van der Waals surface area contributed by atoms with Crippen molar-refractivity contribution < 1.29 is 14.4 Å². The van der Waals surface area contributed by atoms with E-state index in [4.69, 9.17) is 0 Å². The highest BCUT2D eigenvalue weighted by atomic mass is 79.9. The highest BCUT2D eigenvalue weighted by molar-refractivity contribution is 9.10. The van der Waals surface area contributed by atoms with Crippen molar-refractivity contribution in [1.82, 2.24) is 14.8 Å². The third-order valence-corrected chi connectivity index (χ3v) is 6.47. The van der Waals surface area contributed by atoms with Gasteiger partial charge < -0.3 is 15.2 Å². The second-order valence-corrected chi connectivity index (χ2v) is 8.91. The molecule has 0 atom stereocenters. The summed E-state index contributed by atoms with van der Waals surface area (Å²) in [5.74, 6) is -0.965. The van der Waals surface area contributed by atoms with E-state index in [9.17, 15) is 14.4 Å². The van der Waals surface area contributed by atoms with E-state index in [0.29, 0.717) is 5.69 Å². The summed E-state index contributed by atoms with van der Waals surface area (Å²) < 4.78 is 3.02. The Labute approximate surface area is 206 Å². The number of para-hydroxylation sites is 2. The predicted octanol–water partition coefficient (Wildman–Crippen LogP) is 4.95. The lowest BCUT2D eigenvalue weighted by atomic mass is 10.1. The van der Waals surface area contributed by atoms with Crippen molar-refractivity contribution in [3.63, 3.8) is 0 Å². The molecule has 7 nitrogen and oxygen atoms in total. The van der Waals surface area contributed by atoms with E-state index in [-0.39, 0.29) is 12.2 Å². The average Bonchev–Trinajstić information content (AvgIpc) is 3.23. The average molecular weight is 521 g/mol. The number of hydrogen-bond acceptors (Lipinski definition) is 3. The summed E-state index contributed by atoms with van der Waals surface area (Å²) in [4.78, 5) is 38.9. The molecule has 174 valence electrons. The Bertz CT molecular complexity index is 1330. The van der Waals surface area contributed by atoms with Gasteiger partial charge in [0.15, 0.2) is 0 Å². The van der Waals surface area contributed by atoms with Gasteiger partial charge in [0.1, 0.15) is 12.2 Å². The van der Waals surface area contributed by atoms with Crippen LogP contribution in [0, 0.1) is 13.8 Å².